The van der Waals surface area contributed by atoms with Crippen LogP contribution in [0.25, 0.3) is 11.3 Å². The summed E-state index contributed by atoms with van der Waals surface area (Å²) >= 11 is 0. The first-order valence-corrected chi connectivity index (χ1v) is 11.5. The lowest BCUT2D eigenvalue weighted by Crippen LogP contribution is -2.43. The van der Waals surface area contributed by atoms with Crippen molar-refractivity contribution in [3.05, 3.63) is 36.4 Å². The molecule has 1 aromatic carbocycles. The van der Waals surface area contributed by atoms with E-state index >= 15 is 0 Å². The Balaban J connectivity index is 2.11. The molecule has 0 unspecified atom stereocenters. The van der Waals surface area contributed by atoms with Gasteiger partial charge in [-0.05, 0) is 39.8 Å². The number of hydrogen-bond donors (Lipinski definition) is 1. The second kappa shape index (κ2) is 8.20. The Hall–Kier alpha value is -2.32. The first-order chi connectivity index (χ1) is 13.5. The van der Waals surface area contributed by atoms with Gasteiger partial charge in [-0.15, -0.1) is 0 Å². The number of sulfonamides is 1. The van der Waals surface area contributed by atoms with Crippen molar-refractivity contribution in [3.8, 4) is 17.1 Å². The number of morpholine rings is 1. The van der Waals surface area contributed by atoms with Gasteiger partial charge in [0, 0.05) is 29.9 Å². The van der Waals surface area contributed by atoms with Gasteiger partial charge in [-0.25, -0.2) is 13.4 Å². The van der Waals surface area contributed by atoms with Gasteiger partial charge >= 0.3 is 0 Å². The summed E-state index contributed by atoms with van der Waals surface area (Å²) in [7, 11) is -3.42. The molecule has 1 aliphatic heterocycles. The summed E-state index contributed by atoms with van der Waals surface area (Å²) in [6.07, 6.45) is 1.14. The Morgan fingerprint density at radius 2 is 1.97 bits per heavy atom. The lowest BCUT2D eigenvalue weighted by Gasteiger charge is -2.35. The van der Waals surface area contributed by atoms with Crippen LogP contribution in [0.5, 0.6) is 5.88 Å². The van der Waals surface area contributed by atoms with E-state index in [4.69, 9.17) is 9.47 Å². The summed E-state index contributed by atoms with van der Waals surface area (Å²) in [6, 6.07) is 11.3. The molecule has 0 saturated carbocycles. The molecule has 158 valence electrons. The minimum atomic E-state index is -3.42. The fraction of sp³-hybridized carbons (Fsp3) is 0.476. The molecule has 7 nitrogen and oxygen atoms in total. The topological polar surface area (TPSA) is 80.8 Å². The maximum absolute atomic E-state index is 11.8. The van der Waals surface area contributed by atoms with E-state index in [1.165, 1.54) is 0 Å². The molecule has 1 N–H and O–H groups in total. The van der Waals surface area contributed by atoms with E-state index in [0.29, 0.717) is 36.0 Å². The Labute approximate surface area is 173 Å². The second-order valence-electron chi connectivity index (χ2n) is 8.30. The number of pyridine rings is 1. The normalized spacial score (nSPS) is 17.8. The van der Waals surface area contributed by atoms with Crippen molar-refractivity contribution in [3.63, 3.8) is 0 Å². The summed E-state index contributed by atoms with van der Waals surface area (Å²) in [6.45, 7) is 10.1. The van der Waals surface area contributed by atoms with Gasteiger partial charge in [-0.3, -0.25) is 4.72 Å². The van der Waals surface area contributed by atoms with Crippen LogP contribution in [0.4, 0.5) is 11.4 Å². The monoisotopic (exact) mass is 419 g/mol. The highest BCUT2D eigenvalue weighted by atomic mass is 32.2. The molecule has 2 heterocycles. The number of nitrogens with one attached hydrogen (secondary N) is 1. The molecule has 8 heteroatoms. The van der Waals surface area contributed by atoms with Crippen LogP contribution in [0, 0.1) is 0 Å². The van der Waals surface area contributed by atoms with Crippen molar-refractivity contribution in [2.24, 2.45) is 0 Å². The Bertz CT molecular complexity index is 970. The van der Waals surface area contributed by atoms with Gasteiger partial charge in [0.25, 0.3) is 0 Å². The molecule has 29 heavy (non-hydrogen) atoms. The molecule has 0 radical (unpaired) electrons. The Morgan fingerprint density at radius 3 is 2.62 bits per heavy atom. The van der Waals surface area contributed by atoms with Crippen LogP contribution in [-0.2, 0) is 14.8 Å². The summed E-state index contributed by atoms with van der Waals surface area (Å²) in [4.78, 5) is 6.95. The number of para-hydroxylation sites is 1. The highest BCUT2D eigenvalue weighted by Gasteiger charge is 2.23. The molecule has 1 aromatic heterocycles. The molecular weight excluding hydrogens is 390 g/mol. The lowest BCUT2D eigenvalue weighted by atomic mass is 10.1. The third-order valence-electron chi connectivity index (χ3n) is 4.40. The van der Waals surface area contributed by atoms with Crippen molar-refractivity contribution in [1.29, 1.82) is 0 Å². The number of nitrogens with zero attached hydrogens (tertiary/aromatic N) is 2. The molecule has 0 amide bonds. The summed E-state index contributed by atoms with van der Waals surface area (Å²) in [5.74, 6) is 0.498. The quantitative estimate of drug-likeness (QED) is 0.799. The van der Waals surface area contributed by atoms with Gasteiger partial charge in [0.2, 0.25) is 15.9 Å². The predicted octanol–water partition coefficient (Wildman–Crippen LogP) is 3.52. The van der Waals surface area contributed by atoms with Crippen LogP contribution in [0.3, 0.4) is 0 Å². The van der Waals surface area contributed by atoms with Gasteiger partial charge in [-0.1, -0.05) is 18.2 Å². The van der Waals surface area contributed by atoms with Crippen LogP contribution in [-0.4, -0.2) is 51.1 Å². The maximum atomic E-state index is 11.8. The average molecular weight is 420 g/mol. The molecule has 2 aromatic rings. The zero-order valence-corrected chi connectivity index (χ0v) is 18.4. The van der Waals surface area contributed by atoms with Gasteiger partial charge in [0.1, 0.15) is 5.60 Å². The van der Waals surface area contributed by atoms with E-state index in [9.17, 15) is 8.42 Å². The largest absolute Gasteiger partial charge is 0.472 e. The maximum Gasteiger partial charge on any atom is 0.229 e. The first-order valence-electron chi connectivity index (χ1n) is 9.64. The smallest absolute Gasteiger partial charge is 0.229 e. The molecule has 0 spiro atoms. The minimum Gasteiger partial charge on any atom is -0.472 e. The third-order valence-corrected chi connectivity index (χ3v) is 4.99. The van der Waals surface area contributed by atoms with Crippen LogP contribution in [0.1, 0.15) is 27.7 Å². The molecule has 1 fully saturated rings. The number of ether oxygens (including phenoxy) is 2. The minimum absolute atomic E-state index is 0.214. The SMILES string of the molecule is C[C@@H]1COCCN1c1cc(OC(C)(C)C)nc(-c2ccccc2NS(C)(=O)=O)c1. The van der Waals surface area contributed by atoms with Gasteiger partial charge in [0.05, 0.1) is 30.9 Å². The fourth-order valence-corrected chi connectivity index (χ4v) is 3.84. The zero-order valence-electron chi connectivity index (χ0n) is 17.6. The van der Waals surface area contributed by atoms with Crippen molar-refractivity contribution in [1.82, 2.24) is 4.98 Å². The number of anilines is 2. The van der Waals surface area contributed by atoms with Gasteiger partial charge < -0.3 is 14.4 Å². The van der Waals surface area contributed by atoms with Crippen molar-refractivity contribution < 1.29 is 17.9 Å². The highest BCUT2D eigenvalue weighted by Crippen LogP contribution is 2.34. The van der Waals surface area contributed by atoms with E-state index in [0.717, 1.165) is 18.5 Å². The van der Waals surface area contributed by atoms with Crippen LogP contribution < -0.4 is 14.4 Å². The van der Waals surface area contributed by atoms with Gasteiger partial charge in [-0.2, -0.15) is 0 Å². The first kappa shape index (κ1) is 21.4. The van der Waals surface area contributed by atoms with Crippen molar-refractivity contribution in [2.75, 3.05) is 35.6 Å². The molecule has 1 aliphatic rings. The fourth-order valence-electron chi connectivity index (χ4n) is 3.27. The van der Waals surface area contributed by atoms with Crippen LogP contribution in [0.2, 0.25) is 0 Å². The van der Waals surface area contributed by atoms with Crippen molar-refractivity contribution >= 4 is 21.4 Å². The van der Waals surface area contributed by atoms with E-state index in [2.05, 4.69) is 21.5 Å². The molecule has 1 atom stereocenters. The highest BCUT2D eigenvalue weighted by molar-refractivity contribution is 7.92. The summed E-state index contributed by atoms with van der Waals surface area (Å²) in [5, 5.41) is 0. The molecule has 3 rings (SSSR count). The molecule has 0 bridgehead atoms. The number of aromatic nitrogens is 1. The third kappa shape index (κ3) is 5.83. The Morgan fingerprint density at radius 1 is 1.24 bits per heavy atom. The predicted molar refractivity (Wildman–Crippen MR) is 116 cm³/mol. The van der Waals surface area contributed by atoms with Crippen LogP contribution >= 0.6 is 0 Å². The van der Waals surface area contributed by atoms with E-state index in [1.807, 2.05) is 45.0 Å². The number of benzene rings is 1. The summed E-state index contributed by atoms with van der Waals surface area (Å²) < 4.78 is 37.8. The van der Waals surface area contributed by atoms with Crippen LogP contribution in [0.15, 0.2) is 36.4 Å². The van der Waals surface area contributed by atoms with Crippen molar-refractivity contribution in [2.45, 2.75) is 39.3 Å². The van der Waals surface area contributed by atoms with E-state index in [-0.39, 0.29) is 6.04 Å². The second-order valence-corrected chi connectivity index (χ2v) is 10.0. The lowest BCUT2D eigenvalue weighted by molar-refractivity contribution is 0.0986. The molecule has 0 aliphatic carbocycles. The zero-order chi connectivity index (χ0) is 21.2. The van der Waals surface area contributed by atoms with E-state index < -0.39 is 15.6 Å². The number of rotatable bonds is 5. The average Bonchev–Trinajstić information content (AvgIpc) is 2.59. The molecule has 1 saturated heterocycles. The van der Waals surface area contributed by atoms with Gasteiger partial charge in [0.15, 0.2) is 0 Å². The van der Waals surface area contributed by atoms with E-state index in [1.54, 1.807) is 12.1 Å². The standard InChI is InChI=1S/C21H29N3O4S/c1-15-14-27-11-10-24(15)16-12-19(22-20(13-16)28-21(2,3)4)17-8-6-7-9-18(17)23-29(5,25)26/h6-9,12-13,15,23H,10-11,14H2,1-5H3/t15-/m1/s1. The Kier molecular flexibility index (Phi) is 6.05. The molecular formula is C21H29N3O4S. The summed E-state index contributed by atoms with van der Waals surface area (Å²) in [5.41, 5.74) is 2.38. The number of hydrogen-bond acceptors (Lipinski definition) is 6.